The maximum atomic E-state index is 10.3. The van der Waals surface area contributed by atoms with Gasteiger partial charge in [0.2, 0.25) is 0 Å². The number of methoxy groups -OCH3 is 2. The first kappa shape index (κ1) is 19.2. The molecule has 1 aromatic rings. The first-order valence-electron chi connectivity index (χ1n) is 7.07. The van der Waals surface area contributed by atoms with E-state index in [0.717, 1.165) is 11.1 Å². The molecular weight excluding hydrogens is 318 g/mol. The molecule has 0 heterocycles. The van der Waals surface area contributed by atoms with Crippen LogP contribution in [0.3, 0.4) is 0 Å². The van der Waals surface area contributed by atoms with E-state index in [9.17, 15) is 5.11 Å². The number of aliphatic hydroxyl groups is 1. The van der Waals surface area contributed by atoms with Crippen molar-refractivity contribution in [1.29, 1.82) is 0 Å². The van der Waals surface area contributed by atoms with E-state index in [4.69, 9.17) is 32.5 Å². The van der Waals surface area contributed by atoms with Crippen LogP contribution in [-0.4, -0.2) is 32.0 Å². The number of hydrogen-bond acceptors (Lipinski definition) is 6. The Hall–Kier alpha value is -1.89. The first-order valence-corrected chi connectivity index (χ1v) is 7.44. The summed E-state index contributed by atoms with van der Waals surface area (Å²) in [4.78, 5) is 0. The fraction of sp³-hybridized carbons (Fsp3) is 0.375. The van der Waals surface area contributed by atoms with E-state index in [-0.39, 0.29) is 18.3 Å². The monoisotopic (exact) mass is 341 g/mol. The van der Waals surface area contributed by atoms with E-state index in [0.29, 0.717) is 17.1 Å². The molecule has 0 radical (unpaired) electrons. The Morgan fingerprint density at radius 2 is 2.00 bits per heavy atom. The molecule has 0 amide bonds. The summed E-state index contributed by atoms with van der Waals surface area (Å²) < 4.78 is 9.84. The van der Waals surface area contributed by atoms with Crippen molar-refractivity contribution in [2.24, 2.45) is 11.5 Å². The Kier molecular flexibility index (Phi) is 7.74. The molecular formula is C16H24ClN3O3. The van der Waals surface area contributed by atoms with Gasteiger partial charge in [0.15, 0.2) is 11.8 Å². The molecule has 128 valence electrons. The lowest BCUT2D eigenvalue weighted by atomic mass is 10.1. The van der Waals surface area contributed by atoms with Crippen molar-refractivity contribution in [3.63, 3.8) is 0 Å². The van der Waals surface area contributed by atoms with Crippen molar-refractivity contribution < 1.29 is 14.6 Å². The molecule has 7 heteroatoms. The number of nitrogens with one attached hydrogen (secondary N) is 1. The van der Waals surface area contributed by atoms with Gasteiger partial charge >= 0.3 is 0 Å². The highest BCUT2D eigenvalue weighted by molar-refractivity contribution is 6.30. The van der Waals surface area contributed by atoms with E-state index in [1.165, 1.54) is 20.3 Å². The summed E-state index contributed by atoms with van der Waals surface area (Å²) in [5.74, 6) is 0.211. The van der Waals surface area contributed by atoms with Crippen LogP contribution in [0.2, 0.25) is 5.02 Å². The third kappa shape index (κ3) is 6.40. The summed E-state index contributed by atoms with van der Waals surface area (Å²) in [5, 5.41) is 14.1. The molecule has 6 N–H and O–H groups in total. The van der Waals surface area contributed by atoms with Gasteiger partial charge in [0.25, 0.3) is 0 Å². The summed E-state index contributed by atoms with van der Waals surface area (Å²) in [6.45, 7) is 2.79. The molecule has 0 aliphatic heterocycles. The molecule has 0 saturated carbocycles. The Bertz CT molecular complexity index is 568. The quantitative estimate of drug-likeness (QED) is 0.420. The zero-order valence-corrected chi connectivity index (χ0v) is 14.4. The van der Waals surface area contributed by atoms with Crippen molar-refractivity contribution in [2.75, 3.05) is 20.8 Å². The largest absolute Gasteiger partial charge is 0.483 e. The minimum atomic E-state index is -0.899. The van der Waals surface area contributed by atoms with Gasteiger partial charge in [-0.15, -0.1) is 0 Å². The molecule has 1 rings (SSSR count). The molecule has 0 spiro atoms. The predicted octanol–water partition coefficient (Wildman–Crippen LogP) is 1.36. The highest BCUT2D eigenvalue weighted by Crippen LogP contribution is 2.15. The van der Waals surface area contributed by atoms with Crippen LogP contribution in [0.5, 0.6) is 0 Å². The molecule has 0 aliphatic rings. The van der Waals surface area contributed by atoms with E-state index >= 15 is 0 Å². The number of benzene rings is 1. The average molecular weight is 342 g/mol. The topological polar surface area (TPSA) is 103 Å². The number of nitrogens with two attached hydrogens (primary N) is 2. The second-order valence-electron chi connectivity index (χ2n) is 5.06. The lowest BCUT2D eigenvalue weighted by molar-refractivity contribution is 0.193. The van der Waals surface area contributed by atoms with Crippen molar-refractivity contribution in [3.05, 3.63) is 57.8 Å². The van der Waals surface area contributed by atoms with Gasteiger partial charge < -0.3 is 31.4 Å². The lowest BCUT2D eigenvalue weighted by Gasteiger charge is -2.16. The molecule has 0 aromatic heterocycles. The number of halogens is 1. The summed E-state index contributed by atoms with van der Waals surface area (Å²) in [5.41, 5.74) is 13.8. The Morgan fingerprint density at radius 3 is 2.57 bits per heavy atom. The summed E-state index contributed by atoms with van der Waals surface area (Å²) >= 11 is 6.02. The van der Waals surface area contributed by atoms with Crippen LogP contribution in [0.25, 0.3) is 0 Å². The maximum absolute atomic E-state index is 10.3. The van der Waals surface area contributed by atoms with E-state index in [1.54, 1.807) is 0 Å². The highest BCUT2D eigenvalue weighted by Gasteiger charge is 2.14. The van der Waals surface area contributed by atoms with Gasteiger partial charge in [0.05, 0.1) is 20.3 Å². The van der Waals surface area contributed by atoms with Crippen molar-refractivity contribution in [3.8, 4) is 0 Å². The third-order valence-corrected chi connectivity index (χ3v) is 3.38. The van der Waals surface area contributed by atoms with E-state index in [1.807, 2.05) is 25.1 Å². The second kappa shape index (κ2) is 9.29. The minimum absolute atomic E-state index is 0.0814. The molecule has 23 heavy (non-hydrogen) atoms. The Morgan fingerprint density at radius 1 is 1.30 bits per heavy atom. The van der Waals surface area contributed by atoms with Crippen molar-refractivity contribution >= 4 is 11.6 Å². The number of rotatable bonds is 8. The first-order chi connectivity index (χ1) is 10.9. The van der Waals surface area contributed by atoms with Crippen LogP contribution in [0.1, 0.15) is 11.1 Å². The van der Waals surface area contributed by atoms with Crippen LogP contribution in [-0.2, 0) is 16.0 Å². The zero-order chi connectivity index (χ0) is 17.4. The number of hydrogen-bond donors (Lipinski definition) is 4. The smallest absolute Gasteiger partial charge is 0.189 e. The standard InChI is InChI=1S/C16H24ClN3O3/c1-10-4-11(6-12(17)5-10)8-20-9-14(21)13(16(19)23-3)7-15(18)22-2/h4-7,14,20-21H,8-9,18-19H2,1-3H3/b15-7+,16-13-. The Labute approximate surface area is 141 Å². The molecule has 0 saturated heterocycles. The van der Waals surface area contributed by atoms with Crippen LogP contribution in [0.15, 0.2) is 41.6 Å². The normalized spacial score (nSPS) is 14.2. The van der Waals surface area contributed by atoms with Gasteiger partial charge in [0, 0.05) is 29.8 Å². The van der Waals surface area contributed by atoms with Crippen LogP contribution in [0.4, 0.5) is 0 Å². The van der Waals surface area contributed by atoms with Gasteiger partial charge in [0.1, 0.15) is 0 Å². The molecule has 1 unspecified atom stereocenters. The lowest BCUT2D eigenvalue weighted by Crippen LogP contribution is -2.29. The number of aryl methyl sites for hydroxylation is 1. The molecule has 0 fully saturated rings. The van der Waals surface area contributed by atoms with E-state index in [2.05, 4.69) is 5.32 Å². The molecule has 1 atom stereocenters. The number of ether oxygens (including phenoxy) is 2. The predicted molar refractivity (Wildman–Crippen MR) is 91.4 cm³/mol. The molecule has 1 aromatic carbocycles. The van der Waals surface area contributed by atoms with Crippen molar-refractivity contribution in [2.45, 2.75) is 19.6 Å². The number of aliphatic hydroxyl groups excluding tert-OH is 1. The fourth-order valence-electron chi connectivity index (χ4n) is 2.04. The summed E-state index contributed by atoms with van der Waals surface area (Å²) in [7, 11) is 2.85. The van der Waals surface area contributed by atoms with Gasteiger partial charge in [-0.25, -0.2) is 0 Å². The fourth-order valence-corrected chi connectivity index (χ4v) is 2.35. The SMILES string of the molecule is CO/C(N)=C(/C=C(\N)OC)C(O)CNCc1cc(C)cc(Cl)c1. The van der Waals surface area contributed by atoms with Gasteiger partial charge in [-0.3, -0.25) is 0 Å². The molecule has 0 aliphatic carbocycles. The Balaban J connectivity index is 2.71. The van der Waals surface area contributed by atoms with Gasteiger partial charge in [-0.1, -0.05) is 17.7 Å². The van der Waals surface area contributed by atoms with E-state index < -0.39 is 6.10 Å². The van der Waals surface area contributed by atoms with Crippen LogP contribution >= 0.6 is 11.6 Å². The third-order valence-electron chi connectivity index (χ3n) is 3.17. The maximum Gasteiger partial charge on any atom is 0.189 e. The summed E-state index contributed by atoms with van der Waals surface area (Å²) in [6, 6.07) is 5.78. The van der Waals surface area contributed by atoms with Crippen molar-refractivity contribution in [1.82, 2.24) is 5.32 Å². The summed E-state index contributed by atoms with van der Waals surface area (Å²) in [6.07, 6.45) is 0.540. The highest BCUT2D eigenvalue weighted by atomic mass is 35.5. The second-order valence-corrected chi connectivity index (χ2v) is 5.49. The molecule has 6 nitrogen and oxygen atoms in total. The van der Waals surface area contributed by atoms with Crippen LogP contribution in [0, 0.1) is 6.92 Å². The minimum Gasteiger partial charge on any atom is -0.483 e. The van der Waals surface area contributed by atoms with Gasteiger partial charge in [-0.05, 0) is 30.2 Å². The average Bonchev–Trinajstić information content (AvgIpc) is 2.50. The van der Waals surface area contributed by atoms with Crippen LogP contribution < -0.4 is 16.8 Å². The zero-order valence-electron chi connectivity index (χ0n) is 13.6. The van der Waals surface area contributed by atoms with Gasteiger partial charge in [-0.2, -0.15) is 0 Å². The molecule has 0 bridgehead atoms.